The smallest absolute Gasteiger partial charge is 0.0185 e. The Morgan fingerprint density at radius 3 is 0.930 bits per heavy atom. The highest BCUT2D eigenvalue weighted by atomic mass is 14.6. The van der Waals surface area contributed by atoms with Crippen molar-refractivity contribution in [3.8, 4) is 0 Å². The zero-order valence-corrected chi connectivity index (χ0v) is 42.2. The van der Waals surface area contributed by atoms with Crippen molar-refractivity contribution in [2.45, 2.75) is 345 Å². The highest BCUT2D eigenvalue weighted by molar-refractivity contribution is 5.09. The Labute approximate surface area is 365 Å². The molecule has 0 saturated carbocycles. The summed E-state index contributed by atoms with van der Waals surface area (Å²) in [5.41, 5.74) is 1.39. The normalized spacial score (nSPS) is 15.7. The quantitative estimate of drug-likeness (QED) is 0.0538. The molecule has 344 valence electrons. The standard InChI is InChI=1S/C57H116/c1-10-18-24-28-31-33-34-35-36-38-41-45-50-55(9,17-8)57(49-16-7,53-23-15-6)56(51-44-22-14-5,52-46-27-21-13-4)54(47-42-39-30-26-20-12-3)48-43-40-37-32-29-25-19-11-2/h54H,10-53H2,1-9H3. The lowest BCUT2D eigenvalue weighted by Crippen LogP contribution is -2.56. The SMILES string of the molecule is CCCCCCCCCCCCCCC(C)(CC)C(CCC)(CCCC)C(CCCCC)(CCCCCC)C(CCCCCCCC)CCCCCCCCCC. The third-order valence-electron chi connectivity index (χ3n) is 15.9. The Morgan fingerprint density at radius 2 is 0.561 bits per heavy atom. The van der Waals surface area contributed by atoms with Gasteiger partial charge in [0.15, 0.2) is 0 Å². The molecule has 0 nitrogen and oxygen atoms in total. The minimum Gasteiger partial charge on any atom is -0.0654 e. The Hall–Kier alpha value is 0. The summed E-state index contributed by atoms with van der Waals surface area (Å²) in [6, 6.07) is 0. The lowest BCUT2D eigenvalue weighted by atomic mass is 9.40. The molecule has 0 aliphatic rings. The highest BCUT2D eigenvalue weighted by Gasteiger charge is 2.59. The van der Waals surface area contributed by atoms with E-state index in [1.54, 1.807) is 0 Å². The van der Waals surface area contributed by atoms with E-state index < -0.39 is 0 Å². The second kappa shape index (κ2) is 40.1. The Morgan fingerprint density at radius 1 is 0.263 bits per heavy atom. The summed E-state index contributed by atoms with van der Waals surface area (Å²) >= 11 is 0. The van der Waals surface area contributed by atoms with E-state index in [9.17, 15) is 0 Å². The zero-order chi connectivity index (χ0) is 42.2. The zero-order valence-electron chi connectivity index (χ0n) is 42.2. The van der Waals surface area contributed by atoms with E-state index in [1.165, 1.54) is 283 Å². The molecule has 0 heteroatoms. The van der Waals surface area contributed by atoms with Crippen molar-refractivity contribution in [1.82, 2.24) is 0 Å². The molecular formula is C57H116. The van der Waals surface area contributed by atoms with Crippen LogP contribution in [0.2, 0.25) is 0 Å². The van der Waals surface area contributed by atoms with Crippen LogP contribution in [0.5, 0.6) is 0 Å². The van der Waals surface area contributed by atoms with Crippen molar-refractivity contribution in [3.05, 3.63) is 0 Å². The molecule has 0 amide bonds. The molecule has 0 bridgehead atoms. The van der Waals surface area contributed by atoms with Gasteiger partial charge in [0.2, 0.25) is 0 Å². The van der Waals surface area contributed by atoms with Crippen LogP contribution in [0.1, 0.15) is 345 Å². The first-order valence-electron chi connectivity index (χ1n) is 27.9. The van der Waals surface area contributed by atoms with Crippen LogP contribution in [0.15, 0.2) is 0 Å². The Kier molecular flexibility index (Phi) is 40.1. The lowest BCUT2D eigenvalue weighted by Gasteiger charge is -2.64. The van der Waals surface area contributed by atoms with Crippen molar-refractivity contribution in [2.24, 2.45) is 22.2 Å². The van der Waals surface area contributed by atoms with Gasteiger partial charge in [-0.05, 0) is 67.1 Å². The molecule has 0 aromatic rings. The molecule has 0 heterocycles. The fraction of sp³-hybridized carbons (Fsp3) is 1.00. The highest BCUT2D eigenvalue weighted by Crippen LogP contribution is 2.68. The second-order valence-corrected chi connectivity index (χ2v) is 20.4. The molecule has 0 radical (unpaired) electrons. The number of hydrogen-bond donors (Lipinski definition) is 0. The molecule has 0 spiro atoms. The first-order chi connectivity index (χ1) is 27.9. The summed E-state index contributed by atoms with van der Waals surface area (Å²) in [6.07, 6.45) is 64.1. The molecule has 4 atom stereocenters. The van der Waals surface area contributed by atoms with Crippen molar-refractivity contribution < 1.29 is 0 Å². The summed E-state index contributed by atoms with van der Waals surface area (Å²) < 4.78 is 0. The molecule has 0 fully saturated rings. The molecule has 0 N–H and O–H groups in total. The van der Waals surface area contributed by atoms with Crippen LogP contribution in [-0.2, 0) is 0 Å². The molecule has 0 saturated heterocycles. The van der Waals surface area contributed by atoms with Gasteiger partial charge >= 0.3 is 0 Å². The van der Waals surface area contributed by atoms with Crippen molar-refractivity contribution in [3.63, 3.8) is 0 Å². The van der Waals surface area contributed by atoms with E-state index >= 15 is 0 Å². The lowest BCUT2D eigenvalue weighted by molar-refractivity contribution is -0.152. The molecule has 0 aliphatic heterocycles. The van der Waals surface area contributed by atoms with Crippen LogP contribution in [-0.4, -0.2) is 0 Å². The maximum atomic E-state index is 2.90. The maximum absolute atomic E-state index is 2.90. The third kappa shape index (κ3) is 24.3. The van der Waals surface area contributed by atoms with Crippen LogP contribution < -0.4 is 0 Å². The van der Waals surface area contributed by atoms with Crippen LogP contribution in [0.3, 0.4) is 0 Å². The minimum atomic E-state index is 0.437. The fourth-order valence-corrected chi connectivity index (χ4v) is 12.2. The van der Waals surface area contributed by atoms with E-state index in [2.05, 4.69) is 62.3 Å². The molecular weight excluding hydrogens is 685 g/mol. The largest absolute Gasteiger partial charge is 0.0654 e. The van der Waals surface area contributed by atoms with Gasteiger partial charge < -0.3 is 0 Å². The first kappa shape index (κ1) is 57.0. The monoisotopic (exact) mass is 801 g/mol. The molecule has 0 aromatic carbocycles. The number of hydrogen-bond acceptors (Lipinski definition) is 0. The van der Waals surface area contributed by atoms with Gasteiger partial charge in [0.25, 0.3) is 0 Å². The fourth-order valence-electron chi connectivity index (χ4n) is 12.2. The molecule has 57 heavy (non-hydrogen) atoms. The van der Waals surface area contributed by atoms with Crippen LogP contribution in [0.25, 0.3) is 0 Å². The van der Waals surface area contributed by atoms with E-state index in [0.717, 1.165) is 5.92 Å². The Balaban J connectivity index is 6.76. The number of unbranched alkanes of at least 4 members (excludes halogenated alkanes) is 29. The van der Waals surface area contributed by atoms with Crippen molar-refractivity contribution >= 4 is 0 Å². The third-order valence-corrected chi connectivity index (χ3v) is 15.9. The van der Waals surface area contributed by atoms with Gasteiger partial charge in [-0.2, -0.15) is 0 Å². The summed E-state index contributed by atoms with van der Waals surface area (Å²) in [4.78, 5) is 0. The topological polar surface area (TPSA) is 0 Å². The van der Waals surface area contributed by atoms with E-state index in [-0.39, 0.29) is 0 Å². The Bertz CT molecular complexity index is 783. The summed E-state index contributed by atoms with van der Waals surface area (Å²) in [6.45, 7) is 22.6. The van der Waals surface area contributed by atoms with E-state index in [1.807, 2.05) is 0 Å². The maximum Gasteiger partial charge on any atom is -0.0185 e. The average Bonchev–Trinajstić information content (AvgIpc) is 3.22. The van der Waals surface area contributed by atoms with E-state index in [4.69, 9.17) is 0 Å². The van der Waals surface area contributed by atoms with Gasteiger partial charge in [-0.25, -0.2) is 0 Å². The van der Waals surface area contributed by atoms with Gasteiger partial charge in [0.05, 0.1) is 0 Å². The second-order valence-electron chi connectivity index (χ2n) is 20.4. The minimum absolute atomic E-state index is 0.437. The van der Waals surface area contributed by atoms with Crippen molar-refractivity contribution in [2.75, 3.05) is 0 Å². The molecule has 4 unspecified atom stereocenters. The first-order valence-corrected chi connectivity index (χ1v) is 27.9. The average molecular weight is 802 g/mol. The van der Waals surface area contributed by atoms with Crippen LogP contribution >= 0.6 is 0 Å². The van der Waals surface area contributed by atoms with Crippen LogP contribution in [0.4, 0.5) is 0 Å². The van der Waals surface area contributed by atoms with Gasteiger partial charge in [-0.3, -0.25) is 0 Å². The van der Waals surface area contributed by atoms with Crippen LogP contribution in [0, 0.1) is 22.2 Å². The molecule has 0 rings (SSSR count). The summed E-state index contributed by atoms with van der Waals surface area (Å²) in [7, 11) is 0. The molecule has 0 aromatic heterocycles. The van der Waals surface area contributed by atoms with Gasteiger partial charge in [-0.15, -0.1) is 0 Å². The van der Waals surface area contributed by atoms with Gasteiger partial charge in [0.1, 0.15) is 0 Å². The predicted molar refractivity (Wildman–Crippen MR) is 265 cm³/mol. The number of rotatable bonds is 47. The van der Waals surface area contributed by atoms with Crippen molar-refractivity contribution in [1.29, 1.82) is 0 Å². The van der Waals surface area contributed by atoms with Gasteiger partial charge in [0, 0.05) is 0 Å². The summed E-state index contributed by atoms with van der Waals surface area (Å²) in [5.74, 6) is 0.915. The van der Waals surface area contributed by atoms with Gasteiger partial charge in [-0.1, -0.05) is 300 Å². The molecule has 0 aliphatic carbocycles. The predicted octanol–water partition coefficient (Wildman–Crippen LogP) is 21.9. The van der Waals surface area contributed by atoms with E-state index in [0.29, 0.717) is 16.2 Å². The summed E-state index contributed by atoms with van der Waals surface area (Å²) in [5, 5.41) is 0.